The molecule has 2 aromatic carbocycles. The largest absolute Gasteiger partial charge is 0.487 e. The van der Waals surface area contributed by atoms with Crippen molar-refractivity contribution in [2.75, 3.05) is 0 Å². The molecule has 0 spiro atoms. The van der Waals surface area contributed by atoms with Crippen LogP contribution >= 0.6 is 63.7 Å². The average molecular weight is 568 g/mol. The molecule has 0 radical (unpaired) electrons. The lowest BCUT2D eigenvalue weighted by Crippen LogP contribution is -2.04. The molecule has 0 atom stereocenters. The molecular formula is C16H8Br4O3. The summed E-state index contributed by atoms with van der Waals surface area (Å²) in [6, 6.07) is 10.7. The first-order valence-electron chi connectivity index (χ1n) is 6.43. The van der Waals surface area contributed by atoms with Crippen molar-refractivity contribution < 1.29 is 9.15 Å². The van der Waals surface area contributed by atoms with Crippen molar-refractivity contribution in [2.24, 2.45) is 0 Å². The predicted octanol–water partition coefficient (Wildman–Crippen LogP) is 6.42. The highest BCUT2D eigenvalue weighted by Crippen LogP contribution is 2.37. The van der Waals surface area contributed by atoms with Gasteiger partial charge in [0, 0.05) is 26.0 Å². The summed E-state index contributed by atoms with van der Waals surface area (Å²) in [5, 5.41) is 0.836. The van der Waals surface area contributed by atoms with E-state index in [0.29, 0.717) is 11.3 Å². The second kappa shape index (κ2) is 7.09. The minimum absolute atomic E-state index is 0.247. The average Bonchev–Trinajstić information content (AvgIpc) is 2.46. The van der Waals surface area contributed by atoms with Crippen LogP contribution in [0.3, 0.4) is 0 Å². The van der Waals surface area contributed by atoms with Crippen LogP contribution in [-0.4, -0.2) is 0 Å². The maximum atomic E-state index is 11.7. The minimum Gasteiger partial charge on any atom is -0.487 e. The van der Waals surface area contributed by atoms with Gasteiger partial charge in [0.1, 0.15) is 17.9 Å². The van der Waals surface area contributed by atoms with E-state index >= 15 is 0 Å². The predicted molar refractivity (Wildman–Crippen MR) is 104 cm³/mol. The topological polar surface area (TPSA) is 39.4 Å². The Balaban J connectivity index is 1.99. The van der Waals surface area contributed by atoms with Crippen molar-refractivity contribution in [1.29, 1.82) is 0 Å². The van der Waals surface area contributed by atoms with Crippen molar-refractivity contribution in [2.45, 2.75) is 6.61 Å². The van der Waals surface area contributed by atoms with Crippen LogP contribution in [-0.2, 0) is 6.61 Å². The fraction of sp³-hybridized carbons (Fsp3) is 0.0625. The zero-order chi connectivity index (χ0) is 16.6. The zero-order valence-corrected chi connectivity index (χ0v) is 17.8. The Bertz CT molecular complexity index is 927. The molecule has 23 heavy (non-hydrogen) atoms. The van der Waals surface area contributed by atoms with Gasteiger partial charge in [0.2, 0.25) is 0 Å². The fourth-order valence-electron chi connectivity index (χ4n) is 2.14. The molecule has 1 heterocycles. The molecule has 3 aromatic rings. The highest BCUT2D eigenvalue weighted by atomic mass is 79.9. The number of fused-ring (bicyclic) bond motifs is 1. The first-order valence-corrected chi connectivity index (χ1v) is 9.61. The number of hydrogen-bond acceptors (Lipinski definition) is 3. The minimum atomic E-state index is -0.396. The Labute approximate surface area is 165 Å². The Morgan fingerprint density at radius 2 is 1.61 bits per heavy atom. The maximum absolute atomic E-state index is 11.7. The van der Waals surface area contributed by atoms with Crippen LogP contribution in [0.25, 0.3) is 11.0 Å². The van der Waals surface area contributed by atoms with Crippen molar-refractivity contribution in [1.82, 2.24) is 0 Å². The summed E-state index contributed by atoms with van der Waals surface area (Å²) < 4.78 is 14.6. The van der Waals surface area contributed by atoms with Crippen LogP contribution in [0.2, 0.25) is 0 Å². The van der Waals surface area contributed by atoms with Crippen molar-refractivity contribution >= 4 is 74.7 Å². The number of rotatable bonds is 3. The molecule has 0 N–H and O–H groups in total. The Morgan fingerprint density at radius 3 is 2.30 bits per heavy atom. The number of ether oxygens (including phenoxy) is 1. The van der Waals surface area contributed by atoms with E-state index in [4.69, 9.17) is 9.15 Å². The third-order valence-corrected chi connectivity index (χ3v) is 5.25. The Morgan fingerprint density at radius 1 is 0.913 bits per heavy atom. The molecule has 0 aliphatic rings. The number of benzene rings is 2. The van der Waals surface area contributed by atoms with E-state index in [2.05, 4.69) is 63.7 Å². The molecule has 7 heteroatoms. The SMILES string of the molecule is O=c1cc(COc2c(Br)cc(Br)cc2Br)c2cc(Br)ccc2o1. The molecular weight excluding hydrogens is 560 g/mol. The van der Waals surface area contributed by atoms with Gasteiger partial charge in [0.05, 0.1) is 8.95 Å². The van der Waals surface area contributed by atoms with Crippen LogP contribution in [0.15, 0.2) is 63.5 Å². The number of hydrogen-bond donors (Lipinski definition) is 0. The highest BCUT2D eigenvalue weighted by Gasteiger charge is 2.11. The smallest absolute Gasteiger partial charge is 0.336 e. The number of halogens is 4. The van der Waals surface area contributed by atoms with Gasteiger partial charge >= 0.3 is 5.63 Å². The van der Waals surface area contributed by atoms with Crippen LogP contribution in [0.5, 0.6) is 5.75 Å². The highest BCUT2D eigenvalue weighted by molar-refractivity contribution is 9.11. The summed E-state index contributed by atoms with van der Waals surface area (Å²) >= 11 is 13.8. The maximum Gasteiger partial charge on any atom is 0.336 e. The third kappa shape index (κ3) is 3.90. The van der Waals surface area contributed by atoms with Gasteiger partial charge in [-0.1, -0.05) is 31.9 Å². The van der Waals surface area contributed by atoms with Gasteiger partial charge in [-0.3, -0.25) is 0 Å². The van der Waals surface area contributed by atoms with Gasteiger partial charge < -0.3 is 9.15 Å². The molecule has 0 bridgehead atoms. The molecule has 0 saturated heterocycles. The van der Waals surface area contributed by atoms with Gasteiger partial charge in [0.15, 0.2) is 0 Å². The summed E-state index contributed by atoms with van der Waals surface area (Å²) in [4.78, 5) is 11.7. The lowest BCUT2D eigenvalue weighted by atomic mass is 10.1. The lowest BCUT2D eigenvalue weighted by Gasteiger charge is -2.12. The third-order valence-electron chi connectivity index (χ3n) is 3.13. The second-order valence-corrected chi connectivity index (χ2v) is 8.26. The summed E-state index contributed by atoms with van der Waals surface area (Å²) in [5.74, 6) is 0.671. The molecule has 1 aromatic heterocycles. The summed E-state index contributed by atoms with van der Waals surface area (Å²) in [7, 11) is 0. The molecule has 3 rings (SSSR count). The van der Waals surface area contributed by atoms with Crippen molar-refractivity contribution in [3.8, 4) is 5.75 Å². The van der Waals surface area contributed by atoms with Crippen LogP contribution in [0.4, 0.5) is 0 Å². The van der Waals surface area contributed by atoms with E-state index in [0.717, 1.165) is 28.8 Å². The standard InChI is InChI=1S/C16H8Br4O3/c17-9-1-2-14-11(4-9)8(3-15(21)23-14)7-22-16-12(19)5-10(18)6-13(16)20/h1-6H,7H2. The van der Waals surface area contributed by atoms with Crippen LogP contribution < -0.4 is 10.4 Å². The van der Waals surface area contributed by atoms with Gasteiger partial charge in [0.25, 0.3) is 0 Å². The quantitative estimate of drug-likeness (QED) is 0.343. The molecule has 0 unspecified atom stereocenters. The van der Waals surface area contributed by atoms with E-state index < -0.39 is 5.63 Å². The fourth-order valence-corrected chi connectivity index (χ4v) is 4.98. The normalized spacial score (nSPS) is 11.0. The van der Waals surface area contributed by atoms with Crippen molar-refractivity contribution in [3.05, 3.63) is 70.3 Å². The van der Waals surface area contributed by atoms with Gasteiger partial charge in [-0.15, -0.1) is 0 Å². The molecule has 0 amide bonds. The monoisotopic (exact) mass is 564 g/mol. The first-order chi connectivity index (χ1) is 10.9. The summed E-state index contributed by atoms with van der Waals surface area (Å²) in [6.45, 7) is 0.247. The van der Waals surface area contributed by atoms with Gasteiger partial charge in [-0.2, -0.15) is 0 Å². The zero-order valence-electron chi connectivity index (χ0n) is 11.4. The Kier molecular flexibility index (Phi) is 5.30. The molecule has 0 aliphatic heterocycles. The molecule has 0 fully saturated rings. The molecule has 118 valence electrons. The molecule has 0 aliphatic carbocycles. The van der Waals surface area contributed by atoms with E-state index in [1.807, 2.05) is 24.3 Å². The van der Waals surface area contributed by atoms with Gasteiger partial charge in [-0.05, 0) is 62.2 Å². The Hall–Kier alpha value is -0.630. The van der Waals surface area contributed by atoms with E-state index in [9.17, 15) is 4.79 Å². The van der Waals surface area contributed by atoms with Gasteiger partial charge in [-0.25, -0.2) is 4.79 Å². The van der Waals surface area contributed by atoms with E-state index in [1.165, 1.54) is 6.07 Å². The second-order valence-electron chi connectivity index (χ2n) is 4.72. The summed E-state index contributed by atoms with van der Waals surface area (Å²) in [6.07, 6.45) is 0. The molecule has 0 saturated carbocycles. The van der Waals surface area contributed by atoms with Crippen LogP contribution in [0, 0.1) is 0 Å². The van der Waals surface area contributed by atoms with E-state index in [1.54, 1.807) is 6.07 Å². The molecule has 3 nitrogen and oxygen atoms in total. The first kappa shape index (κ1) is 17.2. The van der Waals surface area contributed by atoms with E-state index in [-0.39, 0.29) is 6.61 Å². The van der Waals surface area contributed by atoms with Crippen molar-refractivity contribution in [3.63, 3.8) is 0 Å². The lowest BCUT2D eigenvalue weighted by molar-refractivity contribution is 0.302. The summed E-state index contributed by atoms with van der Waals surface area (Å²) in [5.41, 5.74) is 0.903. The van der Waals surface area contributed by atoms with Crippen LogP contribution in [0.1, 0.15) is 5.56 Å².